The SMILES string of the molecule is Cc1nn2ccccc2c1C(=O)N1[C@H]2CC[C@@H]1c1nn(C)c(-c3cc(F)c(F)c(F)c3)c1C2. The number of hydrogen-bond donors (Lipinski definition) is 0. The number of carbonyl (C=O) groups is 1. The van der Waals surface area contributed by atoms with Crippen LogP contribution >= 0.6 is 0 Å². The highest BCUT2D eigenvalue weighted by molar-refractivity contribution is 6.02. The predicted octanol–water partition coefficient (Wildman–Crippen LogP) is 4.36. The number of aryl methyl sites for hydroxylation is 2. The number of rotatable bonds is 2. The molecule has 0 unspecified atom stereocenters. The zero-order valence-electron chi connectivity index (χ0n) is 18.0. The highest BCUT2D eigenvalue weighted by Crippen LogP contribution is 2.47. The van der Waals surface area contributed by atoms with Gasteiger partial charge in [0.2, 0.25) is 0 Å². The molecule has 6 rings (SSSR count). The maximum absolute atomic E-state index is 13.9. The van der Waals surface area contributed by atoms with Gasteiger partial charge in [-0.25, -0.2) is 17.7 Å². The Kier molecular flexibility index (Phi) is 4.21. The summed E-state index contributed by atoms with van der Waals surface area (Å²) in [6, 6.07) is 7.31. The molecule has 0 radical (unpaired) electrons. The van der Waals surface area contributed by atoms with Gasteiger partial charge in [-0.2, -0.15) is 10.2 Å². The quantitative estimate of drug-likeness (QED) is 0.426. The van der Waals surface area contributed by atoms with Crippen molar-refractivity contribution in [2.45, 2.75) is 38.3 Å². The van der Waals surface area contributed by atoms with Crippen LogP contribution in [0.15, 0.2) is 36.5 Å². The Balaban J connectivity index is 1.44. The van der Waals surface area contributed by atoms with E-state index in [1.165, 1.54) is 0 Å². The molecule has 0 saturated carbocycles. The molecular weight excluding hydrogens is 431 g/mol. The smallest absolute Gasteiger partial charge is 0.258 e. The molecule has 0 N–H and O–H groups in total. The molecule has 2 atom stereocenters. The van der Waals surface area contributed by atoms with Crippen LogP contribution in [0.4, 0.5) is 13.2 Å². The fraction of sp³-hybridized carbons (Fsp3) is 0.292. The van der Waals surface area contributed by atoms with Crippen molar-refractivity contribution >= 4 is 11.4 Å². The number of hydrogen-bond acceptors (Lipinski definition) is 3. The molecule has 33 heavy (non-hydrogen) atoms. The third-order valence-electron chi connectivity index (χ3n) is 6.85. The highest BCUT2D eigenvalue weighted by atomic mass is 19.2. The standard InChI is InChI=1S/C24H20F3N5O/c1-12-20(18-5-3-4-8-31(18)28-12)24(33)32-14-6-7-19(32)22-15(11-14)23(30(2)29-22)13-9-16(25)21(27)17(26)10-13/h3-5,8-10,14,19H,6-7,11H2,1-2H3/t14-,19+/m0/s1. The summed E-state index contributed by atoms with van der Waals surface area (Å²) < 4.78 is 44.7. The number of fused-ring (bicyclic) bond motifs is 5. The molecule has 3 aromatic heterocycles. The van der Waals surface area contributed by atoms with Crippen LogP contribution in [-0.2, 0) is 13.5 Å². The van der Waals surface area contributed by atoms with Crippen LogP contribution in [-0.4, -0.2) is 36.2 Å². The molecule has 9 heteroatoms. The lowest BCUT2D eigenvalue weighted by Gasteiger charge is -2.34. The van der Waals surface area contributed by atoms with Gasteiger partial charge >= 0.3 is 0 Å². The van der Waals surface area contributed by atoms with E-state index in [-0.39, 0.29) is 23.6 Å². The molecule has 1 saturated heterocycles. The zero-order chi connectivity index (χ0) is 23.0. The molecule has 1 aromatic carbocycles. The van der Waals surface area contributed by atoms with Crippen LogP contribution in [0, 0.1) is 24.4 Å². The lowest BCUT2D eigenvalue weighted by atomic mass is 9.94. The first-order valence-corrected chi connectivity index (χ1v) is 10.8. The average Bonchev–Trinajstić information content (AvgIpc) is 3.41. The molecule has 0 spiro atoms. The summed E-state index contributed by atoms with van der Waals surface area (Å²) in [5.74, 6) is -4.05. The second kappa shape index (κ2) is 6.94. The Hall–Kier alpha value is -3.62. The maximum atomic E-state index is 13.9. The van der Waals surface area contributed by atoms with E-state index >= 15 is 0 Å². The van der Waals surface area contributed by atoms with Gasteiger partial charge in [-0.15, -0.1) is 0 Å². The Morgan fingerprint density at radius 2 is 1.85 bits per heavy atom. The number of carbonyl (C=O) groups excluding carboxylic acids is 1. The minimum absolute atomic E-state index is 0.0637. The molecule has 1 fully saturated rings. The summed E-state index contributed by atoms with van der Waals surface area (Å²) in [6.07, 6.45) is 3.89. The van der Waals surface area contributed by atoms with Crippen molar-refractivity contribution in [3.63, 3.8) is 0 Å². The van der Waals surface area contributed by atoms with Gasteiger partial charge in [0, 0.05) is 30.4 Å². The van der Waals surface area contributed by atoms with Gasteiger partial charge in [0.1, 0.15) is 0 Å². The molecule has 4 aromatic rings. The molecule has 6 nitrogen and oxygen atoms in total. The van der Waals surface area contributed by atoms with E-state index in [0.717, 1.165) is 41.7 Å². The van der Waals surface area contributed by atoms with Gasteiger partial charge in [-0.3, -0.25) is 9.48 Å². The van der Waals surface area contributed by atoms with E-state index in [2.05, 4.69) is 10.2 Å². The Labute approximate surface area is 187 Å². The van der Waals surface area contributed by atoms with Crippen LogP contribution in [0.2, 0.25) is 0 Å². The van der Waals surface area contributed by atoms with Crippen LogP contribution in [0.3, 0.4) is 0 Å². The molecule has 2 aliphatic rings. The van der Waals surface area contributed by atoms with E-state index in [0.29, 0.717) is 23.4 Å². The van der Waals surface area contributed by atoms with E-state index in [9.17, 15) is 18.0 Å². The summed E-state index contributed by atoms with van der Waals surface area (Å²) in [4.78, 5) is 15.6. The van der Waals surface area contributed by atoms with Gasteiger partial charge in [-0.1, -0.05) is 6.07 Å². The summed E-state index contributed by atoms with van der Waals surface area (Å²) >= 11 is 0. The van der Waals surface area contributed by atoms with Crippen molar-refractivity contribution in [1.29, 1.82) is 0 Å². The number of amides is 1. The largest absolute Gasteiger partial charge is 0.327 e. The van der Waals surface area contributed by atoms with Gasteiger partial charge < -0.3 is 4.90 Å². The van der Waals surface area contributed by atoms with Crippen molar-refractivity contribution in [1.82, 2.24) is 24.3 Å². The Bertz CT molecular complexity index is 1430. The van der Waals surface area contributed by atoms with Crippen LogP contribution in [0.5, 0.6) is 0 Å². The molecule has 2 aliphatic heterocycles. The van der Waals surface area contributed by atoms with Gasteiger partial charge in [0.25, 0.3) is 5.91 Å². The Morgan fingerprint density at radius 3 is 2.61 bits per heavy atom. The van der Waals surface area contributed by atoms with Gasteiger partial charge in [0.05, 0.1) is 34.2 Å². The minimum Gasteiger partial charge on any atom is -0.327 e. The van der Waals surface area contributed by atoms with Crippen LogP contribution in [0.25, 0.3) is 16.8 Å². The summed E-state index contributed by atoms with van der Waals surface area (Å²) in [6.45, 7) is 1.83. The number of pyridine rings is 1. The topological polar surface area (TPSA) is 55.4 Å². The van der Waals surface area contributed by atoms with Gasteiger partial charge in [0.15, 0.2) is 17.5 Å². The van der Waals surface area contributed by atoms with Crippen molar-refractivity contribution in [2.75, 3.05) is 0 Å². The fourth-order valence-corrected chi connectivity index (χ4v) is 5.52. The van der Waals surface area contributed by atoms with E-state index in [4.69, 9.17) is 0 Å². The number of nitrogens with zero attached hydrogens (tertiary/aromatic N) is 5. The third kappa shape index (κ3) is 2.77. The van der Waals surface area contributed by atoms with Crippen LogP contribution in [0.1, 0.15) is 46.2 Å². The average molecular weight is 451 g/mol. The number of aromatic nitrogens is 4. The first-order chi connectivity index (χ1) is 15.8. The maximum Gasteiger partial charge on any atom is 0.258 e. The Morgan fingerprint density at radius 1 is 1.09 bits per heavy atom. The normalized spacial score (nSPS) is 19.4. The van der Waals surface area contributed by atoms with Crippen LogP contribution < -0.4 is 0 Å². The van der Waals surface area contributed by atoms with Gasteiger partial charge in [-0.05, 0) is 50.5 Å². The molecule has 5 heterocycles. The first-order valence-electron chi connectivity index (χ1n) is 10.8. The van der Waals surface area contributed by atoms with E-state index in [1.807, 2.05) is 36.2 Å². The fourth-order valence-electron chi connectivity index (χ4n) is 5.52. The number of halogens is 3. The first kappa shape index (κ1) is 20.0. The van der Waals surface area contributed by atoms with Crippen molar-refractivity contribution in [3.05, 3.63) is 76.5 Å². The number of benzene rings is 1. The molecule has 168 valence electrons. The lowest BCUT2D eigenvalue weighted by Crippen LogP contribution is -2.42. The minimum atomic E-state index is -1.49. The molecule has 2 bridgehead atoms. The van der Waals surface area contributed by atoms with Crippen molar-refractivity contribution < 1.29 is 18.0 Å². The lowest BCUT2D eigenvalue weighted by molar-refractivity contribution is 0.0644. The van der Waals surface area contributed by atoms with E-state index in [1.54, 1.807) is 16.2 Å². The third-order valence-corrected chi connectivity index (χ3v) is 6.85. The van der Waals surface area contributed by atoms with E-state index < -0.39 is 17.5 Å². The highest BCUT2D eigenvalue weighted by Gasteiger charge is 2.46. The second-order valence-electron chi connectivity index (χ2n) is 8.74. The van der Waals surface area contributed by atoms with Crippen molar-refractivity contribution in [2.24, 2.45) is 7.05 Å². The second-order valence-corrected chi connectivity index (χ2v) is 8.74. The molecule has 0 aliphatic carbocycles. The monoisotopic (exact) mass is 451 g/mol. The zero-order valence-corrected chi connectivity index (χ0v) is 18.0. The summed E-state index contributed by atoms with van der Waals surface area (Å²) in [5.41, 5.74) is 4.37. The van der Waals surface area contributed by atoms with Crippen molar-refractivity contribution in [3.8, 4) is 11.3 Å². The molecule has 1 amide bonds. The summed E-state index contributed by atoms with van der Waals surface area (Å²) in [7, 11) is 1.70. The predicted molar refractivity (Wildman–Crippen MR) is 114 cm³/mol. The summed E-state index contributed by atoms with van der Waals surface area (Å²) in [5, 5.41) is 9.12. The molecular formula is C24H20F3N5O.